The van der Waals surface area contributed by atoms with E-state index in [-0.39, 0.29) is 5.91 Å². The average Bonchev–Trinajstić information content (AvgIpc) is 2.50. The van der Waals surface area contributed by atoms with Gasteiger partial charge in [0.2, 0.25) is 0 Å². The minimum atomic E-state index is -0.0551. The average molecular weight is 272 g/mol. The van der Waals surface area contributed by atoms with Crippen molar-refractivity contribution < 1.29 is 4.79 Å². The summed E-state index contributed by atoms with van der Waals surface area (Å²) < 4.78 is 0. The molecule has 0 saturated heterocycles. The van der Waals surface area contributed by atoms with E-state index < -0.39 is 0 Å². The van der Waals surface area contributed by atoms with Crippen LogP contribution in [0.15, 0.2) is 24.3 Å². The second kappa shape index (κ2) is 10.0. The zero-order valence-corrected chi connectivity index (χ0v) is 12.3. The van der Waals surface area contributed by atoms with Gasteiger partial charge in [-0.25, -0.2) is 0 Å². The van der Waals surface area contributed by atoms with E-state index in [4.69, 9.17) is 5.26 Å². The van der Waals surface area contributed by atoms with Crippen LogP contribution in [0.1, 0.15) is 67.8 Å². The molecular weight excluding hydrogens is 248 g/mol. The van der Waals surface area contributed by atoms with Crippen LogP contribution in [-0.4, -0.2) is 12.5 Å². The predicted molar refractivity (Wildman–Crippen MR) is 81.5 cm³/mol. The fourth-order valence-electron chi connectivity index (χ4n) is 2.08. The fraction of sp³-hybridized carbons (Fsp3) is 0.529. The highest BCUT2D eigenvalue weighted by Crippen LogP contribution is 2.07. The maximum Gasteiger partial charge on any atom is 0.251 e. The number of rotatable bonds is 9. The maximum atomic E-state index is 11.8. The number of hydrogen-bond donors (Lipinski definition) is 1. The molecule has 0 heterocycles. The molecule has 0 spiro atoms. The van der Waals surface area contributed by atoms with Gasteiger partial charge in [-0.05, 0) is 30.7 Å². The molecular formula is C17H24N2O. The second-order valence-corrected chi connectivity index (χ2v) is 5.07. The van der Waals surface area contributed by atoms with Gasteiger partial charge in [-0.2, -0.15) is 5.26 Å². The van der Waals surface area contributed by atoms with E-state index in [1.54, 1.807) is 24.3 Å². The van der Waals surface area contributed by atoms with Crippen LogP contribution in [0, 0.1) is 11.3 Å². The van der Waals surface area contributed by atoms with Crippen LogP contribution in [0.25, 0.3) is 0 Å². The second-order valence-electron chi connectivity index (χ2n) is 5.07. The molecule has 0 bridgehead atoms. The Kier molecular flexibility index (Phi) is 8.14. The summed E-state index contributed by atoms with van der Waals surface area (Å²) >= 11 is 0. The summed E-state index contributed by atoms with van der Waals surface area (Å²) in [5.41, 5.74) is 1.19. The van der Waals surface area contributed by atoms with Crippen molar-refractivity contribution in [3.63, 3.8) is 0 Å². The van der Waals surface area contributed by atoms with Crippen molar-refractivity contribution in [1.29, 1.82) is 5.26 Å². The van der Waals surface area contributed by atoms with Gasteiger partial charge in [0, 0.05) is 12.1 Å². The first kappa shape index (κ1) is 16.2. The first-order chi connectivity index (χ1) is 9.77. The lowest BCUT2D eigenvalue weighted by molar-refractivity contribution is 0.0953. The molecule has 1 N–H and O–H groups in total. The Bertz CT molecular complexity index is 431. The molecule has 0 fully saturated rings. The highest BCUT2D eigenvalue weighted by Gasteiger charge is 2.04. The Morgan fingerprint density at radius 1 is 1.05 bits per heavy atom. The van der Waals surface area contributed by atoms with Crippen molar-refractivity contribution in [2.75, 3.05) is 6.54 Å². The van der Waals surface area contributed by atoms with Gasteiger partial charge in [0.15, 0.2) is 0 Å². The van der Waals surface area contributed by atoms with E-state index in [2.05, 4.69) is 12.2 Å². The first-order valence-electron chi connectivity index (χ1n) is 7.56. The summed E-state index contributed by atoms with van der Waals surface area (Å²) in [6, 6.07) is 8.77. The lowest BCUT2D eigenvalue weighted by Crippen LogP contribution is -2.24. The zero-order valence-electron chi connectivity index (χ0n) is 12.3. The molecule has 0 atom stereocenters. The van der Waals surface area contributed by atoms with Gasteiger partial charge in [0.1, 0.15) is 0 Å². The maximum absolute atomic E-state index is 11.8. The molecule has 108 valence electrons. The molecule has 20 heavy (non-hydrogen) atoms. The van der Waals surface area contributed by atoms with Crippen LogP contribution in [0.3, 0.4) is 0 Å². The van der Waals surface area contributed by atoms with E-state index in [0.717, 1.165) is 13.0 Å². The van der Waals surface area contributed by atoms with Crippen LogP contribution < -0.4 is 5.32 Å². The van der Waals surface area contributed by atoms with E-state index in [1.165, 1.54) is 38.5 Å². The third-order valence-electron chi connectivity index (χ3n) is 3.34. The number of amides is 1. The molecule has 1 aromatic carbocycles. The number of benzene rings is 1. The normalized spacial score (nSPS) is 10.0. The van der Waals surface area contributed by atoms with E-state index in [9.17, 15) is 4.79 Å². The number of nitrogens with zero attached hydrogens (tertiary/aromatic N) is 1. The van der Waals surface area contributed by atoms with Gasteiger partial charge in [0.05, 0.1) is 11.6 Å². The Labute approximate surface area is 122 Å². The van der Waals surface area contributed by atoms with Crippen LogP contribution in [0.2, 0.25) is 0 Å². The Morgan fingerprint density at radius 3 is 2.25 bits per heavy atom. The zero-order chi connectivity index (χ0) is 14.6. The Balaban J connectivity index is 2.12. The lowest BCUT2D eigenvalue weighted by atomic mass is 10.1. The van der Waals surface area contributed by atoms with Crippen LogP contribution >= 0.6 is 0 Å². The SMILES string of the molecule is CCCCCCCCCNC(=O)c1ccc(C#N)cc1. The quantitative estimate of drug-likeness (QED) is 0.690. The van der Waals surface area contributed by atoms with Crippen LogP contribution in [0.4, 0.5) is 0 Å². The summed E-state index contributed by atoms with van der Waals surface area (Å²) in [5, 5.41) is 11.6. The molecule has 0 aliphatic rings. The number of unbranched alkanes of at least 4 members (excludes halogenated alkanes) is 6. The molecule has 1 rings (SSSR count). The van der Waals surface area contributed by atoms with Gasteiger partial charge >= 0.3 is 0 Å². The highest BCUT2D eigenvalue weighted by molar-refractivity contribution is 5.94. The molecule has 3 heteroatoms. The third kappa shape index (κ3) is 6.38. The molecule has 0 saturated carbocycles. The van der Waals surface area contributed by atoms with Crippen molar-refractivity contribution in [1.82, 2.24) is 5.32 Å². The topological polar surface area (TPSA) is 52.9 Å². The molecule has 0 radical (unpaired) electrons. The smallest absolute Gasteiger partial charge is 0.251 e. The minimum absolute atomic E-state index is 0.0551. The van der Waals surface area contributed by atoms with Gasteiger partial charge in [-0.15, -0.1) is 0 Å². The number of carbonyl (C=O) groups excluding carboxylic acids is 1. The van der Waals surface area contributed by atoms with Gasteiger partial charge < -0.3 is 5.32 Å². The minimum Gasteiger partial charge on any atom is -0.352 e. The van der Waals surface area contributed by atoms with Crippen LogP contribution in [0.5, 0.6) is 0 Å². The predicted octanol–water partition coefficient (Wildman–Crippen LogP) is 4.04. The molecule has 0 aromatic heterocycles. The van der Waals surface area contributed by atoms with Gasteiger partial charge in [0.25, 0.3) is 5.91 Å². The van der Waals surface area contributed by atoms with E-state index >= 15 is 0 Å². The Hall–Kier alpha value is -1.82. The van der Waals surface area contributed by atoms with Crippen molar-refractivity contribution in [3.8, 4) is 6.07 Å². The van der Waals surface area contributed by atoms with Crippen molar-refractivity contribution in [2.45, 2.75) is 51.9 Å². The van der Waals surface area contributed by atoms with E-state index in [1.807, 2.05) is 6.07 Å². The van der Waals surface area contributed by atoms with Gasteiger partial charge in [-0.3, -0.25) is 4.79 Å². The van der Waals surface area contributed by atoms with Crippen molar-refractivity contribution in [3.05, 3.63) is 35.4 Å². The van der Waals surface area contributed by atoms with Gasteiger partial charge in [-0.1, -0.05) is 45.4 Å². The largest absolute Gasteiger partial charge is 0.352 e. The summed E-state index contributed by atoms with van der Waals surface area (Å²) in [5.74, 6) is -0.0551. The van der Waals surface area contributed by atoms with Crippen molar-refractivity contribution in [2.24, 2.45) is 0 Å². The standard InChI is InChI=1S/C17H24N2O/c1-2-3-4-5-6-7-8-13-19-17(20)16-11-9-15(14-18)10-12-16/h9-12H,2-8,13H2,1H3,(H,19,20). The summed E-state index contributed by atoms with van der Waals surface area (Å²) in [7, 11) is 0. The van der Waals surface area contributed by atoms with Crippen LogP contribution in [-0.2, 0) is 0 Å². The summed E-state index contributed by atoms with van der Waals surface area (Å²) in [6.45, 7) is 2.95. The highest BCUT2D eigenvalue weighted by atomic mass is 16.1. The molecule has 1 amide bonds. The summed E-state index contributed by atoms with van der Waals surface area (Å²) in [6.07, 6.45) is 8.71. The molecule has 3 nitrogen and oxygen atoms in total. The Morgan fingerprint density at radius 2 is 1.65 bits per heavy atom. The van der Waals surface area contributed by atoms with E-state index in [0.29, 0.717) is 11.1 Å². The number of hydrogen-bond acceptors (Lipinski definition) is 2. The first-order valence-corrected chi connectivity index (χ1v) is 7.56. The molecule has 1 aromatic rings. The number of carbonyl (C=O) groups is 1. The molecule has 0 aliphatic heterocycles. The molecule has 0 unspecified atom stereocenters. The van der Waals surface area contributed by atoms with Crippen molar-refractivity contribution >= 4 is 5.91 Å². The molecule has 0 aliphatic carbocycles. The fourth-order valence-corrected chi connectivity index (χ4v) is 2.08. The monoisotopic (exact) mass is 272 g/mol. The third-order valence-corrected chi connectivity index (χ3v) is 3.34. The lowest BCUT2D eigenvalue weighted by Gasteiger charge is -2.05. The number of nitriles is 1. The number of nitrogens with one attached hydrogen (secondary N) is 1. The summed E-state index contributed by atoms with van der Waals surface area (Å²) in [4.78, 5) is 11.8.